The molecule has 24 heavy (non-hydrogen) atoms. The van der Waals surface area contributed by atoms with Gasteiger partial charge in [0.2, 0.25) is 5.91 Å². The molecular formula is C18H22ClN3O2. The summed E-state index contributed by atoms with van der Waals surface area (Å²) in [5, 5.41) is 13.0. The van der Waals surface area contributed by atoms with Gasteiger partial charge >= 0.3 is 0 Å². The molecule has 0 bridgehead atoms. The monoisotopic (exact) mass is 347 g/mol. The maximum absolute atomic E-state index is 12.4. The van der Waals surface area contributed by atoms with Crippen LogP contribution >= 0.6 is 11.6 Å². The summed E-state index contributed by atoms with van der Waals surface area (Å²) < 4.78 is 5.82. The van der Waals surface area contributed by atoms with Crippen molar-refractivity contribution in [3.63, 3.8) is 0 Å². The van der Waals surface area contributed by atoms with Gasteiger partial charge in [-0.05, 0) is 31.7 Å². The molecule has 0 radical (unpaired) electrons. The number of hydrogen-bond donors (Lipinski definition) is 1. The number of ether oxygens (including phenoxy) is 1. The van der Waals surface area contributed by atoms with E-state index in [1.807, 2.05) is 24.3 Å². The van der Waals surface area contributed by atoms with Crippen molar-refractivity contribution in [2.75, 3.05) is 26.2 Å². The number of amides is 1. The quantitative estimate of drug-likeness (QED) is 0.909. The Balaban J connectivity index is 1.58. The number of rotatable bonds is 4. The Labute approximate surface area is 147 Å². The molecular weight excluding hydrogens is 326 g/mol. The summed E-state index contributed by atoms with van der Waals surface area (Å²) >= 11 is 6.25. The maximum atomic E-state index is 12.4. The summed E-state index contributed by atoms with van der Waals surface area (Å²) in [6.07, 6.45) is 3.37. The summed E-state index contributed by atoms with van der Waals surface area (Å²) in [6, 6.07) is 9.93. The lowest BCUT2D eigenvalue weighted by atomic mass is 10.00. The predicted molar refractivity (Wildman–Crippen MR) is 91.5 cm³/mol. The molecule has 0 unspecified atom stereocenters. The van der Waals surface area contributed by atoms with E-state index in [4.69, 9.17) is 16.3 Å². The van der Waals surface area contributed by atoms with Crippen LogP contribution in [0.2, 0.25) is 5.02 Å². The molecule has 1 amide bonds. The number of hydrogen-bond acceptors (Lipinski definition) is 4. The van der Waals surface area contributed by atoms with Gasteiger partial charge in [-0.1, -0.05) is 29.8 Å². The van der Waals surface area contributed by atoms with E-state index >= 15 is 0 Å². The zero-order valence-corrected chi connectivity index (χ0v) is 14.4. The van der Waals surface area contributed by atoms with Gasteiger partial charge in [0, 0.05) is 23.7 Å². The fraction of sp³-hybridized carbons (Fsp3) is 0.556. The molecule has 5 nitrogen and oxygen atoms in total. The first kappa shape index (κ1) is 17.2. The van der Waals surface area contributed by atoms with Crippen molar-refractivity contribution in [1.29, 1.82) is 5.26 Å². The topological polar surface area (TPSA) is 65.4 Å². The van der Waals surface area contributed by atoms with Crippen LogP contribution in [0, 0.1) is 11.3 Å². The fourth-order valence-electron chi connectivity index (χ4n) is 3.52. The molecule has 1 aliphatic heterocycles. The smallest absolute Gasteiger partial charge is 0.235 e. The highest BCUT2D eigenvalue weighted by atomic mass is 35.5. The van der Waals surface area contributed by atoms with Crippen LogP contribution in [0.15, 0.2) is 24.3 Å². The van der Waals surface area contributed by atoms with Crippen molar-refractivity contribution in [3.05, 3.63) is 34.9 Å². The molecule has 2 fully saturated rings. The third-order valence-electron chi connectivity index (χ3n) is 4.82. The second-order valence-corrected chi connectivity index (χ2v) is 6.97. The second-order valence-electron chi connectivity index (χ2n) is 6.57. The molecule has 1 saturated heterocycles. The number of nitrogens with zero attached hydrogens (tertiary/aromatic N) is 2. The Kier molecular flexibility index (Phi) is 5.40. The summed E-state index contributed by atoms with van der Waals surface area (Å²) in [7, 11) is 0. The van der Waals surface area contributed by atoms with Crippen molar-refractivity contribution in [2.24, 2.45) is 0 Å². The Morgan fingerprint density at radius 3 is 2.88 bits per heavy atom. The normalized spacial score (nSPS) is 23.6. The Morgan fingerprint density at radius 1 is 1.42 bits per heavy atom. The average Bonchev–Trinajstić information content (AvgIpc) is 3.04. The van der Waals surface area contributed by atoms with E-state index in [9.17, 15) is 10.1 Å². The third-order valence-corrected chi connectivity index (χ3v) is 5.16. The third kappa shape index (κ3) is 3.89. The predicted octanol–water partition coefficient (Wildman–Crippen LogP) is 2.67. The maximum Gasteiger partial charge on any atom is 0.235 e. The van der Waals surface area contributed by atoms with Crippen molar-refractivity contribution < 1.29 is 9.53 Å². The van der Waals surface area contributed by atoms with Gasteiger partial charge in [0.05, 0.1) is 25.3 Å². The fourth-order valence-corrected chi connectivity index (χ4v) is 3.78. The van der Waals surface area contributed by atoms with Gasteiger partial charge in [0.15, 0.2) is 0 Å². The molecule has 1 aliphatic carbocycles. The Bertz CT molecular complexity index is 637. The zero-order chi connectivity index (χ0) is 17.0. The van der Waals surface area contributed by atoms with Crippen LogP contribution in [0.4, 0.5) is 0 Å². The lowest BCUT2D eigenvalue weighted by Gasteiger charge is -2.33. The first-order chi connectivity index (χ1) is 11.6. The van der Waals surface area contributed by atoms with Gasteiger partial charge in [-0.15, -0.1) is 0 Å². The molecule has 6 heteroatoms. The molecule has 1 aromatic carbocycles. The number of nitrogens with one attached hydrogen (secondary N) is 1. The molecule has 128 valence electrons. The number of nitriles is 1. The minimum Gasteiger partial charge on any atom is -0.371 e. The van der Waals surface area contributed by atoms with Gasteiger partial charge < -0.3 is 10.1 Å². The van der Waals surface area contributed by atoms with E-state index in [2.05, 4.69) is 16.3 Å². The second kappa shape index (κ2) is 7.52. The highest BCUT2D eigenvalue weighted by Gasteiger charge is 2.36. The van der Waals surface area contributed by atoms with E-state index in [0.717, 1.165) is 31.2 Å². The summed E-state index contributed by atoms with van der Waals surface area (Å²) in [5.74, 6) is -0.0849. The summed E-state index contributed by atoms with van der Waals surface area (Å²) in [4.78, 5) is 14.4. The highest BCUT2D eigenvalue weighted by molar-refractivity contribution is 6.31. The van der Waals surface area contributed by atoms with Crippen LogP contribution in [0.25, 0.3) is 0 Å². The Morgan fingerprint density at radius 2 is 2.17 bits per heavy atom. The van der Waals surface area contributed by atoms with Gasteiger partial charge in [0.25, 0.3) is 0 Å². The van der Waals surface area contributed by atoms with Crippen LogP contribution in [0.5, 0.6) is 0 Å². The van der Waals surface area contributed by atoms with E-state index in [-0.39, 0.29) is 18.6 Å². The standard InChI is InChI=1S/C18H22ClN3O2/c19-15-6-2-1-5-14(15)16-11-22(9-10-24-16)12-17(23)21-18(13-20)7-3-4-8-18/h1-2,5-6,16H,3-4,7-12H2,(H,21,23)/t16-/m1/s1. The van der Waals surface area contributed by atoms with E-state index < -0.39 is 5.54 Å². The lowest BCUT2D eigenvalue weighted by Crippen LogP contribution is -2.50. The number of carbonyl (C=O) groups excluding carboxylic acids is 1. The van der Waals surface area contributed by atoms with Crippen LogP contribution in [0.1, 0.15) is 37.4 Å². The van der Waals surface area contributed by atoms with E-state index in [0.29, 0.717) is 24.7 Å². The molecule has 1 saturated carbocycles. The van der Waals surface area contributed by atoms with E-state index in [1.54, 1.807) is 0 Å². The van der Waals surface area contributed by atoms with Crippen molar-refractivity contribution in [1.82, 2.24) is 10.2 Å². The first-order valence-electron chi connectivity index (χ1n) is 8.42. The number of benzene rings is 1. The zero-order valence-electron chi connectivity index (χ0n) is 13.6. The van der Waals surface area contributed by atoms with E-state index in [1.165, 1.54) is 0 Å². The minimum atomic E-state index is -0.661. The molecule has 1 atom stereocenters. The average molecular weight is 348 g/mol. The molecule has 1 aromatic rings. The summed E-state index contributed by atoms with van der Waals surface area (Å²) in [6.45, 7) is 2.17. The van der Waals surface area contributed by atoms with Crippen LogP contribution in [-0.2, 0) is 9.53 Å². The lowest BCUT2D eigenvalue weighted by molar-refractivity contribution is -0.125. The van der Waals surface area contributed by atoms with Crippen molar-refractivity contribution in [2.45, 2.75) is 37.3 Å². The van der Waals surface area contributed by atoms with Crippen LogP contribution in [-0.4, -0.2) is 42.6 Å². The molecule has 0 aromatic heterocycles. The van der Waals surface area contributed by atoms with Gasteiger partial charge in [-0.25, -0.2) is 0 Å². The van der Waals surface area contributed by atoms with Crippen molar-refractivity contribution in [3.8, 4) is 6.07 Å². The SMILES string of the molecule is N#CC1(NC(=O)CN2CCO[C@@H](c3ccccc3Cl)C2)CCCC1. The highest BCUT2D eigenvalue weighted by Crippen LogP contribution is 2.30. The van der Waals surface area contributed by atoms with Crippen LogP contribution < -0.4 is 5.32 Å². The number of halogens is 1. The van der Waals surface area contributed by atoms with Gasteiger partial charge in [0.1, 0.15) is 5.54 Å². The van der Waals surface area contributed by atoms with Gasteiger partial charge in [-0.3, -0.25) is 9.69 Å². The number of morpholine rings is 1. The van der Waals surface area contributed by atoms with Gasteiger partial charge in [-0.2, -0.15) is 5.26 Å². The van der Waals surface area contributed by atoms with Crippen LogP contribution in [0.3, 0.4) is 0 Å². The molecule has 2 aliphatic rings. The summed E-state index contributed by atoms with van der Waals surface area (Å²) in [5.41, 5.74) is 0.291. The molecule has 1 heterocycles. The Hall–Kier alpha value is -1.61. The minimum absolute atomic E-state index is 0.0849. The number of carbonyl (C=O) groups is 1. The first-order valence-corrected chi connectivity index (χ1v) is 8.80. The molecule has 3 rings (SSSR count). The van der Waals surface area contributed by atoms with Crippen molar-refractivity contribution >= 4 is 17.5 Å². The molecule has 0 spiro atoms. The largest absolute Gasteiger partial charge is 0.371 e. The molecule has 1 N–H and O–H groups in total.